The minimum absolute atomic E-state index is 0.222. The zero-order valence-electron chi connectivity index (χ0n) is 21.3. The molecule has 0 spiro atoms. The number of ether oxygens (including phenoxy) is 1. The number of nitriles is 1. The number of nitrogens with zero attached hydrogens (tertiary/aromatic N) is 5. The minimum Gasteiger partial charge on any atom is -0.385 e. The van der Waals surface area contributed by atoms with Crippen LogP contribution in [0.1, 0.15) is 41.8 Å². The third kappa shape index (κ3) is 7.51. The highest BCUT2D eigenvalue weighted by atomic mass is 35.5. The Bertz CT molecular complexity index is 1240. The summed E-state index contributed by atoms with van der Waals surface area (Å²) in [5.74, 6) is 0.0510. The van der Waals surface area contributed by atoms with E-state index in [1.54, 1.807) is 40.6 Å². The van der Waals surface area contributed by atoms with Crippen LogP contribution in [-0.2, 0) is 18.0 Å². The average Bonchev–Trinajstić information content (AvgIpc) is 3.43. The van der Waals surface area contributed by atoms with Gasteiger partial charge in [-0.2, -0.15) is 10.4 Å². The van der Waals surface area contributed by atoms with E-state index >= 15 is 0 Å². The zero-order valence-corrected chi connectivity index (χ0v) is 23.1. The first-order valence-corrected chi connectivity index (χ1v) is 15.9. The van der Waals surface area contributed by atoms with Crippen LogP contribution in [0.2, 0.25) is 30.7 Å². The maximum Gasteiger partial charge on any atom is 0.271 e. The van der Waals surface area contributed by atoms with Crippen LogP contribution in [-0.4, -0.2) is 51.1 Å². The molecule has 0 radical (unpaired) electrons. The summed E-state index contributed by atoms with van der Waals surface area (Å²) in [5.41, 5.74) is 2.16. The predicted molar refractivity (Wildman–Crippen MR) is 141 cm³/mol. The summed E-state index contributed by atoms with van der Waals surface area (Å²) >= 11 is 6.14. The molecule has 0 aliphatic heterocycles. The van der Waals surface area contributed by atoms with Crippen molar-refractivity contribution >= 4 is 25.6 Å². The maximum absolute atomic E-state index is 12.8. The van der Waals surface area contributed by atoms with Crippen LogP contribution in [0.25, 0.3) is 11.3 Å². The van der Waals surface area contributed by atoms with E-state index in [4.69, 9.17) is 21.6 Å². The Balaban J connectivity index is 1.60. The lowest BCUT2D eigenvalue weighted by molar-refractivity contribution is 0.0769. The molecule has 1 unspecified atom stereocenters. The van der Waals surface area contributed by atoms with Crippen LogP contribution < -0.4 is 5.32 Å². The van der Waals surface area contributed by atoms with Crippen LogP contribution in [0.15, 0.2) is 36.7 Å². The first kappa shape index (κ1) is 27.6. The Morgan fingerprint density at radius 1 is 1.31 bits per heavy atom. The van der Waals surface area contributed by atoms with E-state index in [2.05, 4.69) is 35.0 Å². The molecule has 3 aromatic rings. The van der Waals surface area contributed by atoms with Crippen molar-refractivity contribution in [1.82, 2.24) is 24.6 Å². The molecule has 1 aromatic carbocycles. The Morgan fingerprint density at radius 2 is 2.06 bits per heavy atom. The fourth-order valence-corrected chi connectivity index (χ4v) is 4.50. The Labute approximate surface area is 217 Å². The summed E-state index contributed by atoms with van der Waals surface area (Å²) < 4.78 is 9.19. The lowest BCUT2D eigenvalue weighted by Crippen LogP contribution is -2.36. The summed E-state index contributed by atoms with van der Waals surface area (Å²) in [6, 6.07) is 9.87. The molecule has 0 bridgehead atoms. The average molecular weight is 529 g/mol. The van der Waals surface area contributed by atoms with Gasteiger partial charge in [-0.15, -0.1) is 0 Å². The number of nitrogens with one attached hydrogen (secondary N) is 1. The van der Waals surface area contributed by atoms with Crippen molar-refractivity contribution in [2.75, 3.05) is 6.61 Å². The normalized spacial score (nSPS) is 13.3. The third-order valence-corrected chi connectivity index (χ3v) is 7.52. The van der Waals surface area contributed by atoms with Crippen LogP contribution in [0, 0.1) is 11.3 Å². The lowest BCUT2D eigenvalue weighted by Gasteiger charge is -2.16. The SMILES string of the molecule is CC(O)c1nc(C(=O)N[C@@H](C)Cn2ccc(-c3ccc(C#N)c(Cl)c3)n2)cn1COCC[Si](C)(C)C. The van der Waals surface area contributed by atoms with Gasteiger partial charge in [-0.05, 0) is 38.1 Å². The molecule has 0 aliphatic rings. The first-order valence-electron chi connectivity index (χ1n) is 11.8. The van der Waals surface area contributed by atoms with E-state index in [1.807, 2.05) is 25.3 Å². The number of aliphatic hydroxyl groups excluding tert-OH is 1. The molecule has 2 atom stereocenters. The molecule has 9 nitrogen and oxygen atoms in total. The third-order valence-electron chi connectivity index (χ3n) is 5.50. The molecule has 0 aliphatic carbocycles. The van der Waals surface area contributed by atoms with E-state index < -0.39 is 14.2 Å². The van der Waals surface area contributed by atoms with Gasteiger partial charge in [0.1, 0.15) is 30.4 Å². The summed E-state index contributed by atoms with van der Waals surface area (Å²) in [6.07, 6.45) is 2.60. The molecular weight excluding hydrogens is 496 g/mol. The molecule has 192 valence electrons. The van der Waals surface area contributed by atoms with E-state index in [-0.39, 0.29) is 24.4 Å². The predicted octanol–water partition coefficient (Wildman–Crippen LogP) is 4.46. The van der Waals surface area contributed by atoms with Crippen LogP contribution in [0.5, 0.6) is 0 Å². The number of aromatic nitrogens is 4. The van der Waals surface area contributed by atoms with E-state index in [9.17, 15) is 9.90 Å². The first-order chi connectivity index (χ1) is 17.0. The Kier molecular flexibility index (Phi) is 9.08. The highest BCUT2D eigenvalue weighted by Gasteiger charge is 2.20. The number of hydrogen-bond donors (Lipinski definition) is 2. The van der Waals surface area contributed by atoms with E-state index in [0.29, 0.717) is 29.6 Å². The fraction of sp³-hybridized carbons (Fsp3) is 0.440. The fourth-order valence-electron chi connectivity index (χ4n) is 3.52. The second-order valence-electron chi connectivity index (χ2n) is 10.1. The summed E-state index contributed by atoms with van der Waals surface area (Å²) in [4.78, 5) is 17.2. The molecule has 0 saturated carbocycles. The van der Waals surface area contributed by atoms with Gasteiger partial charge in [0, 0.05) is 38.7 Å². The van der Waals surface area contributed by atoms with Crippen molar-refractivity contribution in [1.29, 1.82) is 5.26 Å². The van der Waals surface area contributed by atoms with Crippen LogP contribution in [0.3, 0.4) is 0 Å². The molecule has 11 heteroatoms. The second kappa shape index (κ2) is 11.8. The highest BCUT2D eigenvalue weighted by molar-refractivity contribution is 6.76. The quantitative estimate of drug-likeness (QED) is 0.280. The van der Waals surface area contributed by atoms with Crippen LogP contribution >= 0.6 is 11.6 Å². The van der Waals surface area contributed by atoms with Gasteiger partial charge >= 0.3 is 0 Å². The van der Waals surface area contributed by atoms with E-state index in [1.165, 1.54) is 0 Å². The van der Waals surface area contributed by atoms with Gasteiger partial charge in [0.15, 0.2) is 0 Å². The van der Waals surface area contributed by atoms with Crippen molar-refractivity contribution in [3.05, 3.63) is 58.8 Å². The summed E-state index contributed by atoms with van der Waals surface area (Å²) in [6.45, 7) is 11.6. The topological polar surface area (TPSA) is 118 Å². The van der Waals surface area contributed by atoms with Crippen molar-refractivity contribution in [2.45, 2.75) is 65.0 Å². The molecule has 3 rings (SSSR count). The number of halogens is 1. The van der Waals surface area contributed by atoms with Crippen molar-refractivity contribution < 1.29 is 14.6 Å². The van der Waals surface area contributed by atoms with Crippen molar-refractivity contribution in [3.63, 3.8) is 0 Å². The zero-order chi connectivity index (χ0) is 26.5. The molecule has 2 aromatic heterocycles. The standard InChI is InChI=1S/C25H33ClN6O3Si/c1-17(14-32-9-8-22(30-32)19-6-7-20(13-27)21(26)12-19)28-25(34)23-15-31(24(29-23)18(2)33)16-35-10-11-36(3,4)5/h6-9,12,15,17-18,33H,10-11,14,16H2,1-5H3,(H,28,34)/t17-,18?/m0/s1. The van der Waals surface area contributed by atoms with E-state index in [0.717, 1.165) is 17.3 Å². The van der Waals surface area contributed by atoms with Gasteiger partial charge in [-0.25, -0.2) is 4.98 Å². The van der Waals surface area contributed by atoms with Crippen LogP contribution in [0.4, 0.5) is 0 Å². The summed E-state index contributed by atoms with van der Waals surface area (Å²) in [7, 11) is -1.21. The minimum atomic E-state index is -1.21. The number of rotatable bonds is 11. The van der Waals surface area contributed by atoms with Gasteiger partial charge in [0.05, 0.1) is 22.8 Å². The summed E-state index contributed by atoms with van der Waals surface area (Å²) in [5, 5.41) is 27.0. The van der Waals surface area contributed by atoms with Crippen molar-refractivity contribution in [3.8, 4) is 17.3 Å². The highest BCUT2D eigenvalue weighted by Crippen LogP contribution is 2.24. The second-order valence-corrected chi connectivity index (χ2v) is 16.1. The van der Waals surface area contributed by atoms with Gasteiger partial charge < -0.3 is 19.7 Å². The van der Waals surface area contributed by atoms with Gasteiger partial charge in [0.2, 0.25) is 0 Å². The number of hydrogen-bond acceptors (Lipinski definition) is 6. The molecular formula is C25H33ClN6O3Si. The molecule has 2 heterocycles. The van der Waals surface area contributed by atoms with Gasteiger partial charge in [-0.1, -0.05) is 37.3 Å². The molecule has 2 N–H and O–H groups in total. The van der Waals surface area contributed by atoms with Gasteiger partial charge in [-0.3, -0.25) is 9.48 Å². The monoisotopic (exact) mass is 528 g/mol. The number of aliphatic hydroxyl groups is 1. The molecule has 1 amide bonds. The van der Waals surface area contributed by atoms with Gasteiger partial charge in [0.25, 0.3) is 5.91 Å². The largest absolute Gasteiger partial charge is 0.385 e. The molecule has 0 saturated heterocycles. The lowest BCUT2D eigenvalue weighted by atomic mass is 10.1. The number of carbonyl (C=O) groups is 1. The number of amides is 1. The molecule has 36 heavy (non-hydrogen) atoms. The number of benzene rings is 1. The van der Waals surface area contributed by atoms with Crippen molar-refractivity contribution in [2.24, 2.45) is 0 Å². The number of carbonyl (C=O) groups excluding carboxylic acids is 1. The Morgan fingerprint density at radius 3 is 2.69 bits per heavy atom. The number of imidazole rings is 1. The molecule has 0 fully saturated rings. The Hall–Kier alpha value is -2.97. The maximum atomic E-state index is 12.8. The smallest absolute Gasteiger partial charge is 0.271 e.